The third kappa shape index (κ3) is 10.5. The summed E-state index contributed by atoms with van der Waals surface area (Å²) in [6.45, 7) is 13.3. The van der Waals surface area contributed by atoms with Crippen LogP contribution in [-0.2, 0) is 20.9 Å². The number of rotatable bonds is 11. The van der Waals surface area contributed by atoms with Gasteiger partial charge in [0.25, 0.3) is 0 Å². The van der Waals surface area contributed by atoms with Crippen molar-refractivity contribution < 1.29 is 48.1 Å². The maximum atomic E-state index is 15.1. The number of carbonyl (C=O) groups excluding carboxylic acids is 4. The Morgan fingerprint density at radius 2 is 1.70 bits per heavy atom. The number of aromatic nitrogens is 4. The van der Waals surface area contributed by atoms with Crippen LogP contribution in [0.25, 0.3) is 32.8 Å². The van der Waals surface area contributed by atoms with E-state index in [1.54, 1.807) is 48.7 Å². The van der Waals surface area contributed by atoms with Gasteiger partial charge in [0.1, 0.15) is 40.3 Å². The van der Waals surface area contributed by atoms with Crippen LogP contribution < -0.4 is 42.1 Å². The number of nitrogens with one attached hydrogen (secondary N) is 4. The van der Waals surface area contributed by atoms with Crippen molar-refractivity contribution in [1.29, 1.82) is 0 Å². The second-order valence-electron chi connectivity index (χ2n) is 20.5. The van der Waals surface area contributed by atoms with Gasteiger partial charge in [0.05, 0.1) is 35.4 Å². The number of carbonyl (C=O) groups is 6. The number of nitrogens with zero attached hydrogens (tertiary/aromatic N) is 7. The Morgan fingerprint density at radius 1 is 0.987 bits per heavy atom. The van der Waals surface area contributed by atoms with Gasteiger partial charge in [-0.1, -0.05) is 62.4 Å². The molecular formula is C53H61FN12O10S. The molecule has 11 rings (SSSR count). The SMILES string of the molecule is CC(C)Cn1cnc2c(N)nc3ccccc3c21.CC1(C)S[C@@H]2[C@H](NC(=O)[C@H](NC(=O)N3CCNC3=O)c3ccccc3)C(=O)N2[C@H]1C(=O)O.COc1c(N2CCNC(C)C2)c(F)cc2c(=O)c(C(=O)O)cn(C3CC3)c12. The van der Waals surface area contributed by atoms with Gasteiger partial charge < -0.3 is 60.9 Å². The zero-order valence-electron chi connectivity index (χ0n) is 43.3. The summed E-state index contributed by atoms with van der Waals surface area (Å²) in [5, 5.41) is 30.6. The number of nitrogen functional groups attached to an aromatic ring is 1. The number of aromatic carboxylic acids is 1. The summed E-state index contributed by atoms with van der Waals surface area (Å²) in [6.07, 6.45) is 5.00. The van der Waals surface area contributed by atoms with E-state index in [-0.39, 0.29) is 29.6 Å². The zero-order chi connectivity index (χ0) is 55.2. The number of nitrogens with two attached hydrogens (primary N) is 1. The number of methoxy groups -OCH3 is 1. The van der Waals surface area contributed by atoms with Gasteiger partial charge in [-0.2, -0.15) is 0 Å². The molecular weight excluding hydrogens is 1020 g/mol. The topological polar surface area (TPSA) is 289 Å². The third-order valence-electron chi connectivity index (χ3n) is 14.0. The summed E-state index contributed by atoms with van der Waals surface area (Å²) in [5.41, 5.74) is 9.03. The predicted octanol–water partition coefficient (Wildman–Crippen LogP) is 4.90. The summed E-state index contributed by atoms with van der Waals surface area (Å²) < 4.78 is 23.9. The lowest BCUT2D eigenvalue weighted by atomic mass is 9.95. The number of fused-ring (bicyclic) bond motifs is 5. The van der Waals surface area contributed by atoms with Gasteiger partial charge in [-0.05, 0) is 57.2 Å². The summed E-state index contributed by atoms with van der Waals surface area (Å²) in [4.78, 5) is 99.1. The second kappa shape index (κ2) is 21.6. The number of benzene rings is 3. The molecule has 7 heterocycles. The monoisotopic (exact) mass is 1080 g/mol. The molecule has 5 aliphatic rings. The molecule has 406 valence electrons. The molecule has 77 heavy (non-hydrogen) atoms. The summed E-state index contributed by atoms with van der Waals surface area (Å²) >= 11 is 1.31. The molecule has 4 saturated heterocycles. The number of carboxylic acid groups (broad SMARTS) is 2. The number of pyridine rings is 2. The minimum absolute atomic E-state index is 0.0445. The van der Waals surface area contributed by atoms with E-state index in [0.717, 1.165) is 58.8 Å². The van der Waals surface area contributed by atoms with E-state index in [1.807, 2.05) is 36.4 Å². The number of ether oxygens (including phenoxy) is 1. The van der Waals surface area contributed by atoms with Gasteiger partial charge in [-0.25, -0.2) is 38.4 Å². The minimum Gasteiger partial charge on any atom is -0.492 e. The van der Waals surface area contributed by atoms with Crippen LogP contribution in [0.3, 0.4) is 0 Å². The molecule has 22 nitrogen and oxygen atoms in total. The van der Waals surface area contributed by atoms with Gasteiger partial charge in [0.2, 0.25) is 17.2 Å². The molecule has 0 spiro atoms. The average molecular weight is 1080 g/mol. The normalized spacial score (nSPS) is 20.9. The number of urea groups is 2. The first-order valence-electron chi connectivity index (χ1n) is 25.3. The highest BCUT2D eigenvalue weighted by atomic mass is 32.2. The average Bonchev–Trinajstić information content (AvgIpc) is 4.02. The quantitative estimate of drug-likeness (QED) is 0.0850. The molecule has 4 aliphatic heterocycles. The van der Waals surface area contributed by atoms with Crippen LogP contribution >= 0.6 is 11.8 Å². The van der Waals surface area contributed by atoms with Crippen LogP contribution in [0.4, 0.5) is 25.5 Å². The summed E-state index contributed by atoms with van der Waals surface area (Å²) in [5.74, 6) is -2.72. The highest BCUT2D eigenvalue weighted by Crippen LogP contribution is 2.51. The van der Waals surface area contributed by atoms with E-state index < -0.39 is 75.3 Å². The van der Waals surface area contributed by atoms with E-state index in [0.29, 0.717) is 53.9 Å². The van der Waals surface area contributed by atoms with Gasteiger partial charge in [0.15, 0.2) is 17.4 Å². The van der Waals surface area contributed by atoms with Crippen molar-refractivity contribution in [2.75, 3.05) is 50.5 Å². The standard InChI is InChI=1S/C20H23N5O6S.C19H22FN3O4.C14H16N4/c1-20(2)13(17(28)29)25-15(27)12(16(25)32-20)22-14(26)11(10-6-4-3-5-7-10)23-19(31)24-9-8-21-18(24)30;1-10-8-22(6-5-21-10)16-14(20)7-12-15(18(16)27-2)23(11-3-4-11)9-13(17(12)24)19(25)26;1-9(2)7-18-8-16-12-13(18)10-5-3-4-6-11(10)17-14(12)15/h3-7,11-13,16H,8-9H2,1-2H3,(H,21,30)(H,22,26)(H,23,31)(H,28,29);7,9-11,21H,3-6,8H2,1-2H3,(H,25,26);3-6,8-9H,7H2,1-2H3,(H2,15,17)/t11-,12-,13+,16-;;/m1../s1. The van der Waals surface area contributed by atoms with Gasteiger partial charge >= 0.3 is 24.0 Å². The first kappa shape index (κ1) is 53.8. The highest BCUT2D eigenvalue weighted by Gasteiger charge is 2.64. The lowest BCUT2D eigenvalue weighted by Gasteiger charge is -2.44. The Bertz CT molecular complexity index is 3390. The number of hydrogen-bond acceptors (Lipinski definition) is 14. The van der Waals surface area contributed by atoms with E-state index in [4.69, 9.17) is 10.5 Å². The van der Waals surface area contributed by atoms with Crippen molar-refractivity contribution in [2.24, 2.45) is 5.92 Å². The molecule has 6 aromatic rings. The van der Waals surface area contributed by atoms with E-state index in [2.05, 4.69) is 55.7 Å². The molecule has 0 bridgehead atoms. The number of aliphatic carboxylic acids is 1. The number of thioether (sulfide) groups is 1. The van der Waals surface area contributed by atoms with Crippen molar-refractivity contribution in [3.63, 3.8) is 0 Å². The highest BCUT2D eigenvalue weighted by molar-refractivity contribution is 8.01. The smallest absolute Gasteiger partial charge is 0.341 e. The molecule has 0 radical (unpaired) electrons. The van der Waals surface area contributed by atoms with Crippen LogP contribution in [0.2, 0.25) is 0 Å². The van der Waals surface area contributed by atoms with Crippen LogP contribution in [-0.4, -0.2) is 143 Å². The van der Waals surface area contributed by atoms with E-state index in [1.165, 1.54) is 30.0 Å². The van der Waals surface area contributed by atoms with Gasteiger partial charge in [-0.15, -0.1) is 11.8 Å². The molecule has 5 atom stereocenters. The zero-order valence-corrected chi connectivity index (χ0v) is 44.1. The molecule has 1 aliphatic carbocycles. The Labute approximate surface area is 445 Å². The van der Waals surface area contributed by atoms with Crippen LogP contribution in [0.1, 0.15) is 75.5 Å². The number of amides is 6. The van der Waals surface area contributed by atoms with Crippen molar-refractivity contribution in [3.05, 3.63) is 100 Å². The van der Waals surface area contributed by atoms with Gasteiger partial charge in [0, 0.05) is 67.7 Å². The van der Waals surface area contributed by atoms with Crippen molar-refractivity contribution in [1.82, 2.24) is 50.2 Å². The number of anilines is 2. The molecule has 6 amide bonds. The Hall–Kier alpha value is -7.99. The number of carboxylic acids is 2. The fourth-order valence-corrected chi connectivity index (χ4v) is 12.0. The Kier molecular flexibility index (Phi) is 15.1. The number of halogens is 1. The predicted molar refractivity (Wildman–Crippen MR) is 287 cm³/mol. The van der Waals surface area contributed by atoms with Crippen LogP contribution in [0.5, 0.6) is 5.75 Å². The largest absolute Gasteiger partial charge is 0.492 e. The fraction of sp³-hybridized carbons (Fsp3) is 0.415. The number of hydrogen-bond donors (Lipinski definition) is 7. The molecule has 3 aromatic heterocycles. The molecule has 5 fully saturated rings. The van der Waals surface area contributed by atoms with Gasteiger partial charge in [-0.3, -0.25) is 14.4 Å². The van der Waals surface area contributed by atoms with Crippen LogP contribution in [0, 0.1) is 11.7 Å². The maximum absolute atomic E-state index is 15.1. The van der Waals surface area contributed by atoms with Crippen molar-refractivity contribution in [3.8, 4) is 5.75 Å². The molecule has 24 heteroatoms. The number of para-hydroxylation sites is 1. The first-order valence-corrected chi connectivity index (χ1v) is 26.2. The maximum Gasteiger partial charge on any atom is 0.341 e. The number of β-lactam (4-membered cyclic amide) rings is 1. The van der Waals surface area contributed by atoms with Crippen LogP contribution in [0.15, 0.2) is 78.0 Å². The number of imidazole rings is 1. The fourth-order valence-electron chi connectivity index (χ4n) is 10.4. The lowest BCUT2D eigenvalue weighted by molar-refractivity contribution is -0.161. The third-order valence-corrected chi connectivity index (χ3v) is 15.6. The second-order valence-corrected chi connectivity index (χ2v) is 22.3. The van der Waals surface area contributed by atoms with Crippen molar-refractivity contribution in [2.45, 2.75) is 94.3 Å². The molecule has 8 N–H and O–H groups in total. The number of imide groups is 1. The van der Waals surface area contributed by atoms with E-state index >= 15 is 4.39 Å². The Morgan fingerprint density at radius 3 is 2.34 bits per heavy atom. The lowest BCUT2D eigenvalue weighted by Crippen LogP contribution is -2.71. The Balaban J connectivity index is 0.000000146. The summed E-state index contributed by atoms with van der Waals surface area (Å²) in [7, 11) is 1.45. The first-order chi connectivity index (χ1) is 36.7. The molecule has 1 saturated carbocycles. The summed E-state index contributed by atoms with van der Waals surface area (Å²) in [6, 6.07) is 13.6. The van der Waals surface area contributed by atoms with Crippen molar-refractivity contribution >= 4 is 91.9 Å². The minimum atomic E-state index is -1.31. The molecule has 1 unspecified atom stereocenters. The molecule has 3 aromatic carbocycles. The van der Waals surface area contributed by atoms with E-state index in [9.17, 15) is 43.8 Å². The number of piperazine rings is 1.